The summed E-state index contributed by atoms with van der Waals surface area (Å²) in [6, 6.07) is 7.54. The average Bonchev–Trinajstić information content (AvgIpc) is 2.37. The third-order valence-corrected chi connectivity index (χ3v) is 3.79. The molecule has 1 rings (SSSR count). The molecule has 0 fully saturated rings. The van der Waals surface area contributed by atoms with Gasteiger partial charge < -0.3 is 10.0 Å². The fourth-order valence-corrected chi connectivity index (χ4v) is 2.72. The highest BCUT2D eigenvalue weighted by atomic mass is 32.2. The van der Waals surface area contributed by atoms with E-state index in [4.69, 9.17) is 5.11 Å². The van der Waals surface area contributed by atoms with E-state index in [2.05, 4.69) is 13.8 Å². The van der Waals surface area contributed by atoms with E-state index in [9.17, 15) is 9.59 Å². The van der Waals surface area contributed by atoms with Gasteiger partial charge in [0.25, 0.3) is 5.91 Å². The van der Waals surface area contributed by atoms with Crippen molar-refractivity contribution in [2.75, 3.05) is 13.6 Å². The molecule has 20 heavy (non-hydrogen) atoms. The van der Waals surface area contributed by atoms with Crippen LogP contribution in [0.1, 0.15) is 37.0 Å². The Morgan fingerprint density at radius 2 is 1.95 bits per heavy atom. The first-order chi connectivity index (χ1) is 9.41. The van der Waals surface area contributed by atoms with E-state index in [0.717, 1.165) is 4.90 Å². The summed E-state index contributed by atoms with van der Waals surface area (Å²) in [5.41, 5.74) is 0.684. The standard InChI is InChI=1S/C15H21NO3S/c1-11(2)20-13-8-5-4-7-12(13)15(19)16(3)10-6-9-14(17)18/h4-5,7-8,11H,6,9-10H2,1-3H3,(H,17,18). The molecule has 4 nitrogen and oxygen atoms in total. The number of rotatable bonds is 7. The van der Waals surface area contributed by atoms with Crippen LogP contribution in [-0.2, 0) is 4.79 Å². The monoisotopic (exact) mass is 295 g/mol. The zero-order valence-electron chi connectivity index (χ0n) is 12.1. The first-order valence-electron chi connectivity index (χ1n) is 6.64. The van der Waals surface area contributed by atoms with Gasteiger partial charge in [-0.3, -0.25) is 9.59 Å². The minimum Gasteiger partial charge on any atom is -0.481 e. The van der Waals surface area contributed by atoms with Gasteiger partial charge in [0.15, 0.2) is 0 Å². The van der Waals surface area contributed by atoms with Gasteiger partial charge in [-0.2, -0.15) is 0 Å². The molecule has 0 radical (unpaired) electrons. The molecule has 0 spiro atoms. The number of carbonyl (C=O) groups is 2. The van der Waals surface area contributed by atoms with Gasteiger partial charge in [0.2, 0.25) is 0 Å². The summed E-state index contributed by atoms with van der Waals surface area (Å²) in [5.74, 6) is -0.888. The second-order valence-corrected chi connectivity index (χ2v) is 6.51. The van der Waals surface area contributed by atoms with E-state index in [0.29, 0.717) is 23.8 Å². The molecule has 0 aliphatic rings. The van der Waals surface area contributed by atoms with Crippen molar-refractivity contribution < 1.29 is 14.7 Å². The number of hydrogen-bond donors (Lipinski definition) is 1. The molecular weight excluding hydrogens is 274 g/mol. The highest BCUT2D eigenvalue weighted by Crippen LogP contribution is 2.27. The predicted molar refractivity (Wildman–Crippen MR) is 81.3 cm³/mol. The molecule has 5 heteroatoms. The molecule has 0 saturated heterocycles. The molecular formula is C15H21NO3S. The van der Waals surface area contributed by atoms with Crippen LogP contribution in [0.3, 0.4) is 0 Å². The van der Waals surface area contributed by atoms with Gasteiger partial charge in [-0.25, -0.2) is 0 Å². The first kappa shape index (κ1) is 16.6. The third-order valence-electron chi connectivity index (χ3n) is 2.71. The molecule has 0 bridgehead atoms. The molecule has 1 N–H and O–H groups in total. The minimum atomic E-state index is -0.832. The zero-order chi connectivity index (χ0) is 15.1. The second kappa shape index (κ2) is 7.94. The van der Waals surface area contributed by atoms with Crippen LogP contribution in [0, 0.1) is 0 Å². The average molecular weight is 295 g/mol. The minimum absolute atomic E-state index is 0.0564. The molecule has 0 aromatic heterocycles. The van der Waals surface area contributed by atoms with Crippen LogP contribution >= 0.6 is 11.8 Å². The Bertz CT molecular complexity index is 474. The Labute approximate surface area is 124 Å². The van der Waals surface area contributed by atoms with Crippen molar-refractivity contribution in [3.05, 3.63) is 29.8 Å². The number of thioether (sulfide) groups is 1. The Morgan fingerprint density at radius 1 is 1.30 bits per heavy atom. The van der Waals surface area contributed by atoms with Gasteiger partial charge in [0.05, 0.1) is 5.56 Å². The fourth-order valence-electron chi connectivity index (χ4n) is 1.77. The van der Waals surface area contributed by atoms with Crippen molar-refractivity contribution in [1.29, 1.82) is 0 Å². The number of amides is 1. The Hall–Kier alpha value is -1.49. The summed E-state index contributed by atoms with van der Waals surface area (Å²) in [6.07, 6.45) is 0.553. The van der Waals surface area contributed by atoms with Crippen LogP contribution in [0.2, 0.25) is 0 Å². The maximum Gasteiger partial charge on any atom is 0.303 e. The van der Waals surface area contributed by atoms with Gasteiger partial charge >= 0.3 is 5.97 Å². The normalized spacial score (nSPS) is 10.6. The summed E-state index contributed by atoms with van der Waals surface area (Å²) in [5, 5.41) is 9.02. The van der Waals surface area contributed by atoms with Crippen molar-refractivity contribution in [2.24, 2.45) is 0 Å². The highest BCUT2D eigenvalue weighted by molar-refractivity contribution is 8.00. The van der Waals surface area contributed by atoms with Gasteiger partial charge in [-0.15, -0.1) is 11.8 Å². The first-order valence-corrected chi connectivity index (χ1v) is 7.52. The summed E-state index contributed by atoms with van der Waals surface area (Å²) >= 11 is 1.66. The molecule has 0 aliphatic carbocycles. The van der Waals surface area contributed by atoms with Crippen molar-refractivity contribution in [2.45, 2.75) is 36.8 Å². The number of hydrogen-bond acceptors (Lipinski definition) is 3. The molecule has 0 heterocycles. The lowest BCUT2D eigenvalue weighted by atomic mass is 10.2. The number of carbonyl (C=O) groups excluding carboxylic acids is 1. The lowest BCUT2D eigenvalue weighted by Crippen LogP contribution is -2.28. The lowest BCUT2D eigenvalue weighted by molar-refractivity contribution is -0.137. The van der Waals surface area contributed by atoms with Crippen LogP contribution in [0.15, 0.2) is 29.2 Å². The summed E-state index contributed by atoms with van der Waals surface area (Å²) < 4.78 is 0. The van der Waals surface area contributed by atoms with E-state index in [1.807, 2.05) is 24.3 Å². The molecule has 0 aliphatic heterocycles. The van der Waals surface area contributed by atoms with Crippen LogP contribution in [0.4, 0.5) is 0 Å². The molecule has 110 valence electrons. The topological polar surface area (TPSA) is 57.6 Å². The summed E-state index contributed by atoms with van der Waals surface area (Å²) in [4.78, 5) is 25.4. The van der Waals surface area contributed by atoms with Crippen molar-refractivity contribution in [3.8, 4) is 0 Å². The Morgan fingerprint density at radius 3 is 2.55 bits per heavy atom. The predicted octanol–water partition coefficient (Wildman–Crippen LogP) is 3.12. The maximum absolute atomic E-state index is 12.4. The van der Waals surface area contributed by atoms with Crippen LogP contribution < -0.4 is 0 Å². The molecule has 0 saturated carbocycles. The molecule has 1 amide bonds. The van der Waals surface area contributed by atoms with E-state index in [-0.39, 0.29) is 12.3 Å². The van der Waals surface area contributed by atoms with Crippen LogP contribution in [0.5, 0.6) is 0 Å². The van der Waals surface area contributed by atoms with E-state index in [1.165, 1.54) is 0 Å². The molecule has 0 atom stereocenters. The number of benzene rings is 1. The summed E-state index contributed by atoms with van der Waals surface area (Å²) in [7, 11) is 1.71. The van der Waals surface area contributed by atoms with Crippen molar-refractivity contribution in [3.63, 3.8) is 0 Å². The molecule has 0 unspecified atom stereocenters. The third kappa shape index (κ3) is 5.25. The maximum atomic E-state index is 12.4. The molecule has 1 aromatic rings. The van der Waals surface area contributed by atoms with Crippen molar-refractivity contribution in [1.82, 2.24) is 4.90 Å². The highest BCUT2D eigenvalue weighted by Gasteiger charge is 2.16. The van der Waals surface area contributed by atoms with E-state index >= 15 is 0 Å². The smallest absolute Gasteiger partial charge is 0.303 e. The SMILES string of the molecule is CC(C)Sc1ccccc1C(=O)N(C)CCCC(=O)O. The lowest BCUT2D eigenvalue weighted by Gasteiger charge is -2.19. The second-order valence-electron chi connectivity index (χ2n) is 4.89. The summed E-state index contributed by atoms with van der Waals surface area (Å²) in [6.45, 7) is 4.62. The van der Waals surface area contributed by atoms with Crippen LogP contribution in [0.25, 0.3) is 0 Å². The van der Waals surface area contributed by atoms with Gasteiger partial charge in [0.1, 0.15) is 0 Å². The van der Waals surface area contributed by atoms with E-state index < -0.39 is 5.97 Å². The van der Waals surface area contributed by atoms with Gasteiger partial charge in [-0.05, 0) is 18.6 Å². The number of nitrogens with zero attached hydrogens (tertiary/aromatic N) is 1. The fraction of sp³-hybridized carbons (Fsp3) is 0.467. The number of carboxylic acids is 1. The van der Waals surface area contributed by atoms with Gasteiger partial charge in [-0.1, -0.05) is 26.0 Å². The quantitative estimate of drug-likeness (QED) is 0.785. The van der Waals surface area contributed by atoms with E-state index in [1.54, 1.807) is 23.7 Å². The van der Waals surface area contributed by atoms with Crippen LogP contribution in [-0.4, -0.2) is 40.7 Å². The Balaban J connectivity index is 2.73. The number of carboxylic acid groups (broad SMARTS) is 1. The largest absolute Gasteiger partial charge is 0.481 e. The Kier molecular flexibility index (Phi) is 6.58. The zero-order valence-corrected chi connectivity index (χ0v) is 12.9. The van der Waals surface area contributed by atoms with Gasteiger partial charge in [0, 0.05) is 30.2 Å². The number of aliphatic carboxylic acids is 1. The molecule has 1 aromatic carbocycles. The van der Waals surface area contributed by atoms with Crippen molar-refractivity contribution >= 4 is 23.6 Å².